The van der Waals surface area contributed by atoms with Gasteiger partial charge in [-0.15, -0.1) is 5.11 Å². The lowest BCUT2D eigenvalue weighted by Crippen LogP contribution is -1.96. The van der Waals surface area contributed by atoms with Gasteiger partial charge >= 0.3 is 5.97 Å². The zero-order valence-electron chi connectivity index (χ0n) is 13.1. The van der Waals surface area contributed by atoms with Gasteiger partial charge in [0.2, 0.25) is 0 Å². The SMILES string of the molecule is COc1ccncc1-c1[nH][nH]c(=O)c1N=Nc1ccc(C(=O)O)cc1. The second-order valence-electron chi connectivity index (χ2n) is 4.93. The van der Waals surface area contributed by atoms with Gasteiger partial charge in [0.25, 0.3) is 5.56 Å². The number of carbonyl (C=O) groups is 1. The van der Waals surface area contributed by atoms with Crippen LogP contribution in [0.15, 0.2) is 57.7 Å². The molecule has 3 N–H and O–H groups in total. The maximum absolute atomic E-state index is 12.0. The minimum absolute atomic E-state index is 0.0635. The summed E-state index contributed by atoms with van der Waals surface area (Å²) in [6.45, 7) is 0. The van der Waals surface area contributed by atoms with Crippen LogP contribution in [0, 0.1) is 0 Å². The maximum Gasteiger partial charge on any atom is 0.335 e. The maximum atomic E-state index is 12.0. The van der Waals surface area contributed by atoms with Gasteiger partial charge < -0.3 is 9.84 Å². The molecule has 0 aliphatic heterocycles. The lowest BCUT2D eigenvalue weighted by atomic mass is 10.2. The first-order chi connectivity index (χ1) is 12.1. The van der Waals surface area contributed by atoms with Crippen LogP contribution in [0.4, 0.5) is 11.4 Å². The van der Waals surface area contributed by atoms with Gasteiger partial charge in [0.05, 0.1) is 29.6 Å². The predicted molar refractivity (Wildman–Crippen MR) is 88.8 cm³/mol. The van der Waals surface area contributed by atoms with Crippen LogP contribution in [0.25, 0.3) is 11.3 Å². The van der Waals surface area contributed by atoms with Crippen molar-refractivity contribution < 1.29 is 14.6 Å². The van der Waals surface area contributed by atoms with Crippen LogP contribution in [0.2, 0.25) is 0 Å². The fourth-order valence-corrected chi connectivity index (χ4v) is 2.17. The number of aromatic carboxylic acids is 1. The monoisotopic (exact) mass is 339 g/mol. The Labute approximate surface area is 141 Å². The lowest BCUT2D eigenvalue weighted by Gasteiger charge is -2.05. The molecular formula is C16H13N5O4. The van der Waals surface area contributed by atoms with Gasteiger partial charge in [-0.3, -0.25) is 20.0 Å². The summed E-state index contributed by atoms with van der Waals surface area (Å²) in [7, 11) is 1.51. The summed E-state index contributed by atoms with van der Waals surface area (Å²) in [6.07, 6.45) is 3.11. The van der Waals surface area contributed by atoms with E-state index in [9.17, 15) is 9.59 Å². The fraction of sp³-hybridized carbons (Fsp3) is 0.0625. The highest BCUT2D eigenvalue weighted by atomic mass is 16.5. The summed E-state index contributed by atoms with van der Waals surface area (Å²) in [5, 5.41) is 22.0. The second-order valence-corrected chi connectivity index (χ2v) is 4.93. The number of methoxy groups -OCH3 is 1. The standard InChI is InChI=1S/C16H13N5O4/c1-25-12-6-7-17-8-11(12)13-14(15(22)21-19-13)20-18-10-4-2-9(3-5-10)16(23)24/h2-8H,1H3,(H,23,24)(H2,19,21,22). The van der Waals surface area contributed by atoms with E-state index in [0.717, 1.165) is 0 Å². The Balaban J connectivity index is 1.97. The predicted octanol–water partition coefficient (Wildman–Crippen LogP) is 2.89. The number of aromatic amines is 2. The first-order valence-corrected chi connectivity index (χ1v) is 7.14. The number of pyridine rings is 1. The van der Waals surface area contributed by atoms with E-state index in [1.165, 1.54) is 31.4 Å². The highest BCUT2D eigenvalue weighted by molar-refractivity contribution is 5.87. The van der Waals surface area contributed by atoms with E-state index >= 15 is 0 Å². The molecule has 0 amide bonds. The number of nitrogens with one attached hydrogen (secondary N) is 2. The summed E-state index contributed by atoms with van der Waals surface area (Å²) < 4.78 is 5.26. The van der Waals surface area contributed by atoms with E-state index in [0.29, 0.717) is 22.7 Å². The van der Waals surface area contributed by atoms with Crippen LogP contribution < -0.4 is 10.3 Å². The minimum Gasteiger partial charge on any atom is -0.496 e. The van der Waals surface area contributed by atoms with E-state index < -0.39 is 11.5 Å². The van der Waals surface area contributed by atoms with Gasteiger partial charge in [-0.05, 0) is 30.3 Å². The van der Waals surface area contributed by atoms with E-state index in [4.69, 9.17) is 9.84 Å². The number of azo groups is 1. The number of hydrogen-bond acceptors (Lipinski definition) is 6. The third-order valence-corrected chi connectivity index (χ3v) is 3.40. The molecule has 0 fully saturated rings. The molecule has 0 unspecified atom stereocenters. The van der Waals surface area contributed by atoms with Crippen molar-refractivity contribution in [2.45, 2.75) is 0 Å². The summed E-state index contributed by atoms with van der Waals surface area (Å²) in [5.74, 6) is -0.510. The molecular weight excluding hydrogens is 326 g/mol. The molecule has 0 radical (unpaired) electrons. The Morgan fingerprint density at radius 3 is 2.60 bits per heavy atom. The van der Waals surface area contributed by atoms with E-state index in [-0.39, 0.29) is 11.3 Å². The van der Waals surface area contributed by atoms with Crippen molar-refractivity contribution in [1.82, 2.24) is 15.2 Å². The zero-order chi connectivity index (χ0) is 17.8. The largest absolute Gasteiger partial charge is 0.496 e. The molecule has 1 aromatic carbocycles. The fourth-order valence-electron chi connectivity index (χ4n) is 2.17. The third kappa shape index (κ3) is 3.29. The molecule has 0 saturated heterocycles. The average Bonchev–Trinajstić information content (AvgIpc) is 3.00. The van der Waals surface area contributed by atoms with Crippen LogP contribution >= 0.6 is 0 Å². The first kappa shape index (κ1) is 16.1. The molecule has 0 aliphatic carbocycles. The normalized spacial score (nSPS) is 10.9. The molecule has 126 valence electrons. The molecule has 3 rings (SSSR count). The van der Waals surface area contributed by atoms with Gasteiger partial charge in [0.1, 0.15) is 5.75 Å². The molecule has 9 heteroatoms. The van der Waals surface area contributed by atoms with E-state index in [1.54, 1.807) is 18.5 Å². The van der Waals surface area contributed by atoms with Gasteiger partial charge in [-0.25, -0.2) is 4.79 Å². The van der Waals surface area contributed by atoms with Crippen molar-refractivity contribution in [3.8, 4) is 17.0 Å². The molecule has 0 aliphatic rings. The van der Waals surface area contributed by atoms with Crippen molar-refractivity contribution in [3.05, 3.63) is 58.6 Å². The number of ether oxygens (including phenoxy) is 1. The molecule has 9 nitrogen and oxygen atoms in total. The van der Waals surface area contributed by atoms with Crippen LogP contribution in [0.5, 0.6) is 5.75 Å². The minimum atomic E-state index is -1.03. The first-order valence-electron chi connectivity index (χ1n) is 7.14. The molecule has 0 spiro atoms. The molecule has 25 heavy (non-hydrogen) atoms. The summed E-state index contributed by atoms with van der Waals surface area (Å²) >= 11 is 0. The Hall–Kier alpha value is -3.75. The van der Waals surface area contributed by atoms with E-state index in [1.807, 2.05) is 0 Å². The number of nitrogens with zero attached hydrogens (tertiary/aromatic N) is 3. The molecule has 2 heterocycles. The average molecular weight is 339 g/mol. The third-order valence-electron chi connectivity index (χ3n) is 3.40. The number of hydrogen-bond donors (Lipinski definition) is 3. The number of carboxylic acids is 1. The highest BCUT2D eigenvalue weighted by Crippen LogP contribution is 2.32. The van der Waals surface area contributed by atoms with Crippen molar-refractivity contribution in [2.24, 2.45) is 10.2 Å². The Kier molecular flexibility index (Phi) is 4.38. The Bertz CT molecular complexity index is 988. The number of carboxylic acid groups (broad SMARTS) is 1. The van der Waals surface area contributed by atoms with Crippen molar-refractivity contribution >= 4 is 17.3 Å². The number of rotatable bonds is 5. The van der Waals surface area contributed by atoms with Crippen molar-refractivity contribution in [3.63, 3.8) is 0 Å². The van der Waals surface area contributed by atoms with Gasteiger partial charge in [-0.1, -0.05) is 0 Å². The van der Waals surface area contributed by atoms with Crippen LogP contribution in [0.3, 0.4) is 0 Å². The Morgan fingerprint density at radius 1 is 1.16 bits per heavy atom. The number of aromatic nitrogens is 3. The summed E-state index contributed by atoms with van der Waals surface area (Å²) in [6, 6.07) is 7.47. The molecule has 0 saturated carbocycles. The van der Waals surface area contributed by atoms with E-state index in [2.05, 4.69) is 25.4 Å². The smallest absolute Gasteiger partial charge is 0.335 e. The molecule has 3 aromatic rings. The second kappa shape index (κ2) is 6.79. The quantitative estimate of drug-likeness (QED) is 0.615. The van der Waals surface area contributed by atoms with Crippen LogP contribution in [-0.2, 0) is 0 Å². The topological polar surface area (TPSA) is 133 Å². The number of H-pyrrole nitrogens is 2. The van der Waals surface area contributed by atoms with Crippen LogP contribution in [0.1, 0.15) is 10.4 Å². The molecule has 2 aromatic heterocycles. The summed E-state index contributed by atoms with van der Waals surface area (Å²) in [5.41, 5.74) is 1.11. The Morgan fingerprint density at radius 2 is 1.92 bits per heavy atom. The van der Waals surface area contributed by atoms with Crippen molar-refractivity contribution in [1.29, 1.82) is 0 Å². The van der Waals surface area contributed by atoms with Crippen LogP contribution in [-0.4, -0.2) is 33.4 Å². The van der Waals surface area contributed by atoms with Crippen molar-refractivity contribution in [2.75, 3.05) is 7.11 Å². The zero-order valence-corrected chi connectivity index (χ0v) is 13.1. The highest BCUT2D eigenvalue weighted by Gasteiger charge is 2.15. The van der Waals surface area contributed by atoms with Gasteiger partial charge in [0, 0.05) is 12.4 Å². The number of benzene rings is 1. The summed E-state index contributed by atoms with van der Waals surface area (Å²) in [4.78, 5) is 26.9. The molecule has 0 bridgehead atoms. The van der Waals surface area contributed by atoms with Gasteiger partial charge in [-0.2, -0.15) is 5.11 Å². The van der Waals surface area contributed by atoms with Gasteiger partial charge in [0.15, 0.2) is 5.69 Å². The molecule has 0 atom stereocenters. The lowest BCUT2D eigenvalue weighted by molar-refractivity contribution is 0.0697.